The van der Waals surface area contributed by atoms with Crippen LogP contribution in [0, 0.1) is 20.8 Å². The van der Waals surface area contributed by atoms with E-state index in [1.165, 1.54) is 60.9 Å². The third-order valence-electron chi connectivity index (χ3n) is 4.80. The van der Waals surface area contributed by atoms with E-state index in [9.17, 15) is 0 Å². The first-order valence-corrected chi connectivity index (χ1v) is 8.32. The lowest BCUT2D eigenvalue weighted by Gasteiger charge is -2.10. The van der Waals surface area contributed by atoms with E-state index >= 15 is 0 Å². The first-order valence-electron chi connectivity index (χ1n) is 8.32. The molecule has 1 aromatic carbocycles. The molecular weight excluding hydrogens is 292 g/mol. The molecule has 2 aromatic rings. The summed E-state index contributed by atoms with van der Waals surface area (Å²) in [5.74, 6) is 0. The van der Waals surface area contributed by atoms with Crippen molar-refractivity contribution in [3.05, 3.63) is 47.5 Å². The molecule has 0 atom stereocenters. The highest BCUT2D eigenvalue weighted by molar-refractivity contribution is 5.48. The summed E-state index contributed by atoms with van der Waals surface area (Å²) in [7, 11) is 0. The molecule has 1 aliphatic carbocycles. The average molecular weight is 319 g/mol. The first kappa shape index (κ1) is 17.1. The van der Waals surface area contributed by atoms with Gasteiger partial charge in [-0.25, -0.2) is 9.13 Å². The van der Waals surface area contributed by atoms with Crippen LogP contribution in [0.5, 0.6) is 0 Å². The second-order valence-corrected chi connectivity index (χ2v) is 6.66. The number of aryl methyl sites for hydroxylation is 3. The van der Waals surface area contributed by atoms with Crippen molar-refractivity contribution in [3.8, 4) is 5.69 Å². The molecule has 0 spiro atoms. The van der Waals surface area contributed by atoms with Crippen LogP contribution in [0.1, 0.15) is 61.3 Å². The molecule has 120 valence electrons. The molecule has 1 fully saturated rings. The van der Waals surface area contributed by atoms with Gasteiger partial charge in [0.05, 0.1) is 0 Å². The lowest BCUT2D eigenvalue weighted by atomic mass is 10.1. The van der Waals surface area contributed by atoms with Crippen molar-refractivity contribution in [1.82, 2.24) is 4.57 Å². The number of imidazole rings is 1. The van der Waals surface area contributed by atoms with E-state index in [1.54, 1.807) is 0 Å². The zero-order valence-electron chi connectivity index (χ0n) is 14.0. The maximum absolute atomic E-state index is 2.43. The topological polar surface area (TPSA) is 8.81 Å². The van der Waals surface area contributed by atoms with Gasteiger partial charge in [-0.1, -0.05) is 30.5 Å². The number of nitrogens with zero attached hydrogens (tertiary/aromatic N) is 2. The Balaban J connectivity index is 0.00000176. The summed E-state index contributed by atoms with van der Waals surface area (Å²) in [5, 5.41) is 0. The Kier molecular flexibility index (Phi) is 5.69. The molecule has 1 aromatic heterocycles. The van der Waals surface area contributed by atoms with Gasteiger partial charge in [0.15, 0.2) is 0 Å². The highest BCUT2D eigenvalue weighted by atomic mass is 35.5. The fraction of sp³-hybridized carbons (Fsp3) is 0.526. The normalized spacial score (nSPS) is 16.1. The minimum absolute atomic E-state index is 0. The molecule has 1 heterocycles. The summed E-state index contributed by atoms with van der Waals surface area (Å²) in [6, 6.07) is 5.25. The van der Waals surface area contributed by atoms with Crippen LogP contribution >= 0.6 is 0 Å². The number of rotatable bonds is 2. The standard InChI is InChI=1S/C19H27N2.ClH/c1-15-12-16(2)19(17(3)13-15)21-11-10-20(14-21)18-8-6-4-5-7-9-18;/h10-14,18H,4-9H2,1-3H3;1H/q+1;/p-1. The van der Waals surface area contributed by atoms with Gasteiger partial charge in [-0.15, -0.1) is 0 Å². The molecule has 2 nitrogen and oxygen atoms in total. The summed E-state index contributed by atoms with van der Waals surface area (Å²) in [4.78, 5) is 0. The van der Waals surface area contributed by atoms with Gasteiger partial charge < -0.3 is 12.4 Å². The minimum Gasteiger partial charge on any atom is -1.00 e. The molecular formula is C19H27ClN2. The van der Waals surface area contributed by atoms with Gasteiger partial charge in [0.25, 0.3) is 0 Å². The van der Waals surface area contributed by atoms with Crippen LogP contribution in [-0.2, 0) is 0 Å². The number of hydrogen-bond donors (Lipinski definition) is 0. The van der Waals surface area contributed by atoms with Crippen LogP contribution in [0.4, 0.5) is 0 Å². The summed E-state index contributed by atoms with van der Waals surface area (Å²) in [5.41, 5.74) is 5.40. The fourth-order valence-corrected chi connectivity index (χ4v) is 3.85. The largest absolute Gasteiger partial charge is 1.00 e. The number of benzene rings is 1. The van der Waals surface area contributed by atoms with Gasteiger partial charge in [-0.3, -0.25) is 0 Å². The zero-order valence-corrected chi connectivity index (χ0v) is 14.7. The minimum atomic E-state index is 0. The second kappa shape index (κ2) is 7.32. The van der Waals surface area contributed by atoms with Gasteiger partial charge in [0, 0.05) is 0 Å². The maximum Gasteiger partial charge on any atom is 0.249 e. The molecule has 0 N–H and O–H groups in total. The molecule has 0 amide bonds. The molecule has 0 aliphatic heterocycles. The molecule has 22 heavy (non-hydrogen) atoms. The Morgan fingerprint density at radius 1 is 0.955 bits per heavy atom. The van der Waals surface area contributed by atoms with E-state index in [4.69, 9.17) is 0 Å². The lowest BCUT2D eigenvalue weighted by Crippen LogP contribution is -3.00. The van der Waals surface area contributed by atoms with Crippen LogP contribution < -0.4 is 17.0 Å². The number of halogens is 1. The molecule has 0 radical (unpaired) electrons. The average Bonchev–Trinajstić information content (AvgIpc) is 2.72. The first-order chi connectivity index (χ1) is 10.1. The van der Waals surface area contributed by atoms with Gasteiger partial charge in [0.1, 0.15) is 24.1 Å². The fourth-order valence-electron chi connectivity index (χ4n) is 3.85. The monoisotopic (exact) mass is 318 g/mol. The second-order valence-electron chi connectivity index (χ2n) is 6.66. The van der Waals surface area contributed by atoms with Crippen LogP contribution in [0.25, 0.3) is 5.69 Å². The predicted octanol–water partition coefficient (Wildman–Crippen LogP) is 1.59. The van der Waals surface area contributed by atoms with Crippen LogP contribution in [0.2, 0.25) is 0 Å². The Bertz CT molecular complexity index is 599. The van der Waals surface area contributed by atoms with Crippen molar-refractivity contribution in [3.63, 3.8) is 0 Å². The smallest absolute Gasteiger partial charge is 0.249 e. The molecule has 3 rings (SSSR count). The summed E-state index contributed by atoms with van der Waals surface area (Å²) in [6.07, 6.45) is 15.0. The Morgan fingerprint density at radius 3 is 2.14 bits per heavy atom. The highest BCUT2D eigenvalue weighted by Crippen LogP contribution is 2.24. The van der Waals surface area contributed by atoms with Crippen LogP contribution in [-0.4, -0.2) is 4.57 Å². The predicted molar refractivity (Wildman–Crippen MR) is 86.9 cm³/mol. The molecule has 3 heteroatoms. The number of hydrogen-bond acceptors (Lipinski definition) is 0. The Hall–Kier alpha value is -1.28. The molecule has 1 aliphatic rings. The van der Waals surface area contributed by atoms with Gasteiger partial charge in [-0.2, -0.15) is 0 Å². The van der Waals surface area contributed by atoms with Crippen molar-refractivity contribution in [2.75, 3.05) is 0 Å². The summed E-state index contributed by atoms with van der Waals surface area (Å²) in [6.45, 7) is 6.60. The quantitative estimate of drug-likeness (QED) is 0.587. The summed E-state index contributed by atoms with van der Waals surface area (Å²) >= 11 is 0. The van der Waals surface area contributed by atoms with Gasteiger partial charge in [0.2, 0.25) is 6.33 Å². The van der Waals surface area contributed by atoms with Crippen molar-refractivity contribution in [2.24, 2.45) is 0 Å². The Labute approximate surface area is 140 Å². The van der Waals surface area contributed by atoms with Gasteiger partial charge >= 0.3 is 0 Å². The number of aromatic nitrogens is 2. The van der Waals surface area contributed by atoms with Crippen LogP contribution in [0.3, 0.4) is 0 Å². The molecule has 0 saturated heterocycles. The van der Waals surface area contributed by atoms with Crippen molar-refractivity contribution < 1.29 is 17.0 Å². The van der Waals surface area contributed by atoms with E-state index in [1.807, 2.05) is 0 Å². The van der Waals surface area contributed by atoms with Crippen molar-refractivity contribution in [1.29, 1.82) is 0 Å². The highest BCUT2D eigenvalue weighted by Gasteiger charge is 2.20. The zero-order chi connectivity index (χ0) is 14.8. The lowest BCUT2D eigenvalue weighted by molar-refractivity contribution is -0.723. The maximum atomic E-state index is 2.43. The van der Waals surface area contributed by atoms with Crippen molar-refractivity contribution >= 4 is 0 Å². The van der Waals surface area contributed by atoms with E-state index in [2.05, 4.69) is 60.8 Å². The van der Waals surface area contributed by atoms with E-state index in [-0.39, 0.29) is 12.4 Å². The van der Waals surface area contributed by atoms with Crippen molar-refractivity contribution in [2.45, 2.75) is 65.3 Å². The van der Waals surface area contributed by atoms with E-state index < -0.39 is 0 Å². The molecule has 1 saturated carbocycles. The van der Waals surface area contributed by atoms with Crippen LogP contribution in [0.15, 0.2) is 30.9 Å². The Morgan fingerprint density at radius 2 is 1.55 bits per heavy atom. The SMILES string of the molecule is Cc1cc(C)c(-n2cc[n+](C3CCCCCC3)c2)c(C)c1.[Cl-]. The third kappa shape index (κ3) is 3.55. The molecule has 0 unspecified atom stereocenters. The summed E-state index contributed by atoms with van der Waals surface area (Å²) < 4.78 is 4.74. The van der Waals surface area contributed by atoms with Gasteiger partial charge in [-0.05, 0) is 57.6 Å². The third-order valence-corrected chi connectivity index (χ3v) is 4.80. The van der Waals surface area contributed by atoms with E-state index in [0.29, 0.717) is 6.04 Å². The molecule has 0 bridgehead atoms. The van der Waals surface area contributed by atoms with E-state index in [0.717, 1.165) is 0 Å².